The van der Waals surface area contributed by atoms with Crippen LogP contribution < -0.4 is 9.80 Å². The molecular weight excluding hydrogens is 985 g/mol. The quantitative estimate of drug-likeness (QED) is 0.152. The standard InChI is InChI=1S/C72H44N4O2S/c1-5-17-45(18-6-1)73(49-29-33-55-53-25-13-15-27-63(53)75(65(55)37-49)47-21-9-3-10-22-47)51-31-35-57-59-43-71-61(41-69(59)77-67(57)39-51)62-42-70-60(44-72(62)79-71)58-36-32-52(40-68(58)78-70)74(46-19-7-2-8-20-46)50-30-34-56-54-26-14-16-28-64(54)76(66(56)38-50)48-23-11-4-12-24-48/h1-44H. The van der Waals surface area contributed by atoms with Gasteiger partial charge < -0.3 is 27.8 Å². The molecule has 0 fully saturated rings. The van der Waals surface area contributed by atoms with Crippen molar-refractivity contribution in [3.8, 4) is 11.4 Å². The first-order valence-corrected chi connectivity index (χ1v) is 27.5. The molecule has 0 saturated heterocycles. The fraction of sp³-hybridized carbons (Fsp3) is 0. The minimum Gasteiger partial charge on any atom is -0.456 e. The molecule has 17 rings (SSSR count). The number of rotatable bonds is 8. The van der Waals surface area contributed by atoms with Crippen molar-refractivity contribution in [3.05, 3.63) is 267 Å². The van der Waals surface area contributed by atoms with Crippen molar-refractivity contribution in [2.45, 2.75) is 0 Å². The Balaban J connectivity index is 0.762. The van der Waals surface area contributed by atoms with Gasteiger partial charge in [-0.1, -0.05) is 121 Å². The lowest BCUT2D eigenvalue weighted by Crippen LogP contribution is -2.09. The molecule has 0 bridgehead atoms. The molecule has 5 heterocycles. The Morgan fingerprint density at radius 2 is 0.582 bits per heavy atom. The first-order chi connectivity index (χ1) is 39.1. The molecule has 79 heavy (non-hydrogen) atoms. The van der Waals surface area contributed by atoms with E-state index in [1.54, 1.807) is 0 Å². The van der Waals surface area contributed by atoms with Crippen LogP contribution in [0, 0.1) is 0 Å². The third-order valence-corrected chi connectivity index (χ3v) is 17.1. The van der Waals surface area contributed by atoms with Gasteiger partial charge in [0.1, 0.15) is 22.3 Å². The summed E-state index contributed by atoms with van der Waals surface area (Å²) in [6, 6.07) is 95.9. The molecular formula is C72H44N4O2S. The fourth-order valence-corrected chi connectivity index (χ4v) is 13.7. The molecule has 0 aliphatic rings. The zero-order chi connectivity index (χ0) is 51.7. The van der Waals surface area contributed by atoms with Crippen molar-refractivity contribution in [3.63, 3.8) is 0 Å². The maximum absolute atomic E-state index is 6.88. The molecule has 0 aliphatic carbocycles. The molecule has 0 unspecified atom stereocenters. The summed E-state index contributed by atoms with van der Waals surface area (Å²) in [4.78, 5) is 4.66. The van der Waals surface area contributed by atoms with Crippen LogP contribution in [-0.4, -0.2) is 9.13 Å². The molecule has 6 nitrogen and oxygen atoms in total. The summed E-state index contributed by atoms with van der Waals surface area (Å²) < 4.78 is 20.9. The van der Waals surface area contributed by atoms with Gasteiger partial charge in [-0.15, -0.1) is 11.3 Å². The maximum atomic E-state index is 6.88. The molecule has 0 amide bonds. The van der Waals surface area contributed by atoms with Gasteiger partial charge in [-0.05, 0) is 133 Å². The van der Waals surface area contributed by atoms with Crippen molar-refractivity contribution in [1.29, 1.82) is 0 Å². The Bertz CT molecular complexity index is 4940. The molecule has 5 aromatic heterocycles. The van der Waals surface area contributed by atoms with Gasteiger partial charge in [0.2, 0.25) is 0 Å². The lowest BCUT2D eigenvalue weighted by Gasteiger charge is -2.25. The van der Waals surface area contributed by atoms with E-state index in [9.17, 15) is 0 Å². The van der Waals surface area contributed by atoms with E-state index in [1.165, 1.54) is 42.0 Å². The number of hydrogen-bond donors (Lipinski definition) is 0. The van der Waals surface area contributed by atoms with E-state index < -0.39 is 0 Å². The van der Waals surface area contributed by atoms with Gasteiger partial charge in [-0.25, -0.2) is 0 Å². The van der Waals surface area contributed by atoms with Crippen molar-refractivity contribution < 1.29 is 8.83 Å². The molecule has 0 N–H and O–H groups in total. The van der Waals surface area contributed by atoms with Crippen LogP contribution in [0.1, 0.15) is 0 Å². The minimum atomic E-state index is 0.841. The van der Waals surface area contributed by atoms with E-state index in [1.807, 2.05) is 11.3 Å². The normalized spacial score (nSPS) is 12.1. The van der Waals surface area contributed by atoms with Crippen LogP contribution in [0.15, 0.2) is 276 Å². The van der Waals surface area contributed by atoms with Crippen molar-refractivity contribution in [1.82, 2.24) is 9.13 Å². The molecule has 0 spiro atoms. The molecule has 0 radical (unpaired) electrons. The average molecular weight is 1030 g/mol. The summed E-state index contributed by atoms with van der Waals surface area (Å²) in [5.41, 5.74) is 16.6. The zero-order valence-electron chi connectivity index (χ0n) is 42.4. The number of para-hydroxylation sites is 6. The van der Waals surface area contributed by atoms with Gasteiger partial charge in [0.25, 0.3) is 0 Å². The zero-order valence-corrected chi connectivity index (χ0v) is 43.2. The van der Waals surface area contributed by atoms with E-state index >= 15 is 0 Å². The number of anilines is 6. The largest absolute Gasteiger partial charge is 0.456 e. The molecule has 12 aromatic carbocycles. The summed E-state index contributed by atoms with van der Waals surface area (Å²) in [5, 5.41) is 11.6. The molecule has 7 heteroatoms. The van der Waals surface area contributed by atoms with E-state index in [4.69, 9.17) is 8.83 Å². The lowest BCUT2D eigenvalue weighted by molar-refractivity contribution is 0.669. The van der Waals surface area contributed by atoms with Crippen molar-refractivity contribution in [2.75, 3.05) is 9.80 Å². The first kappa shape index (κ1) is 43.9. The Hall–Kier alpha value is -10.3. The summed E-state index contributed by atoms with van der Waals surface area (Å²) >= 11 is 1.82. The fourth-order valence-electron chi connectivity index (χ4n) is 12.5. The third-order valence-electron chi connectivity index (χ3n) is 16.0. The second kappa shape index (κ2) is 17.1. The van der Waals surface area contributed by atoms with Crippen LogP contribution in [-0.2, 0) is 0 Å². The van der Waals surface area contributed by atoms with Gasteiger partial charge in [0.05, 0.1) is 22.1 Å². The second-order valence-corrected chi connectivity index (χ2v) is 21.6. The summed E-state index contributed by atoms with van der Waals surface area (Å²) in [7, 11) is 0. The smallest absolute Gasteiger partial charge is 0.137 e. The van der Waals surface area contributed by atoms with Gasteiger partial charge >= 0.3 is 0 Å². The number of thiophene rings is 1. The van der Waals surface area contributed by atoms with E-state index in [2.05, 4.69) is 286 Å². The molecule has 0 saturated carbocycles. The Labute approximate surface area is 456 Å². The molecule has 17 aromatic rings. The van der Waals surface area contributed by atoms with Crippen LogP contribution in [0.2, 0.25) is 0 Å². The van der Waals surface area contributed by atoms with E-state index in [0.717, 1.165) is 111 Å². The molecule has 0 aliphatic heterocycles. The molecule has 0 atom stereocenters. The third kappa shape index (κ3) is 6.76. The predicted molar refractivity (Wildman–Crippen MR) is 332 cm³/mol. The predicted octanol–water partition coefficient (Wildman–Crippen LogP) is 21.0. The SMILES string of the molecule is c1ccc(N(c2ccc3c(c2)oc2cc4c(cc23)sc2cc3c(cc24)oc2cc(N(c4ccccc4)c4ccc5c6ccccc6n(-c6ccccc6)c5c4)ccc23)c2ccc3c4ccccc4n(-c4ccccc4)c3c2)cc1. The van der Waals surface area contributed by atoms with Crippen LogP contribution in [0.5, 0.6) is 0 Å². The van der Waals surface area contributed by atoms with Crippen molar-refractivity contribution >= 4 is 153 Å². The van der Waals surface area contributed by atoms with Crippen LogP contribution in [0.4, 0.5) is 34.1 Å². The number of aromatic nitrogens is 2. The highest BCUT2D eigenvalue weighted by atomic mass is 32.1. The van der Waals surface area contributed by atoms with Gasteiger partial charge in [-0.2, -0.15) is 0 Å². The summed E-state index contributed by atoms with van der Waals surface area (Å²) in [6.45, 7) is 0. The highest BCUT2D eigenvalue weighted by molar-refractivity contribution is 7.26. The Morgan fingerprint density at radius 1 is 0.241 bits per heavy atom. The monoisotopic (exact) mass is 1030 g/mol. The van der Waals surface area contributed by atoms with Gasteiger partial charge in [0, 0.05) is 121 Å². The lowest BCUT2D eigenvalue weighted by atomic mass is 10.1. The van der Waals surface area contributed by atoms with Crippen LogP contribution in [0.25, 0.3) is 119 Å². The Kier molecular flexibility index (Phi) is 9.48. The highest BCUT2D eigenvalue weighted by Crippen LogP contribution is 2.47. The van der Waals surface area contributed by atoms with Gasteiger partial charge in [-0.3, -0.25) is 0 Å². The topological polar surface area (TPSA) is 42.6 Å². The first-order valence-electron chi connectivity index (χ1n) is 26.7. The summed E-state index contributed by atoms with van der Waals surface area (Å²) in [5.74, 6) is 0. The van der Waals surface area contributed by atoms with E-state index in [0.29, 0.717) is 0 Å². The highest BCUT2D eigenvalue weighted by Gasteiger charge is 2.23. The summed E-state index contributed by atoms with van der Waals surface area (Å²) in [6.07, 6.45) is 0. The van der Waals surface area contributed by atoms with Crippen LogP contribution in [0.3, 0.4) is 0 Å². The molecule has 370 valence electrons. The number of nitrogens with zero attached hydrogens (tertiary/aromatic N) is 4. The van der Waals surface area contributed by atoms with Crippen molar-refractivity contribution in [2.24, 2.45) is 0 Å². The number of furan rings is 2. The maximum Gasteiger partial charge on any atom is 0.137 e. The number of fused-ring (bicyclic) bond motifs is 15. The Morgan fingerprint density at radius 3 is 1.01 bits per heavy atom. The minimum absolute atomic E-state index is 0.841. The number of benzene rings is 12. The van der Waals surface area contributed by atoms with Gasteiger partial charge in [0.15, 0.2) is 0 Å². The number of hydrogen-bond acceptors (Lipinski definition) is 5. The average Bonchev–Trinajstić information content (AvgIpc) is 4.42. The second-order valence-electron chi connectivity index (χ2n) is 20.5. The van der Waals surface area contributed by atoms with Crippen LogP contribution >= 0.6 is 11.3 Å². The van der Waals surface area contributed by atoms with E-state index in [-0.39, 0.29) is 0 Å².